The smallest absolute Gasteiger partial charge is 0.237 e. The van der Waals surface area contributed by atoms with Gasteiger partial charge in [0.05, 0.1) is 12.1 Å². The fraction of sp³-hybridized carbons (Fsp3) is 0.923. The first-order chi connectivity index (χ1) is 8.56. The van der Waals surface area contributed by atoms with Crippen LogP contribution in [-0.2, 0) is 14.3 Å². The van der Waals surface area contributed by atoms with Crippen molar-refractivity contribution in [3.05, 3.63) is 0 Å². The number of carbonyl (C=O) groups is 1. The number of rotatable bonds is 6. The summed E-state index contributed by atoms with van der Waals surface area (Å²) in [7, 11) is 1.66. The fourth-order valence-corrected chi connectivity index (χ4v) is 2.20. The van der Waals surface area contributed by atoms with E-state index >= 15 is 0 Å². The van der Waals surface area contributed by atoms with Crippen LogP contribution in [0.1, 0.15) is 26.7 Å². The quantitative estimate of drug-likeness (QED) is 0.765. The molecule has 1 aliphatic rings. The van der Waals surface area contributed by atoms with Crippen LogP contribution in [-0.4, -0.2) is 44.9 Å². The summed E-state index contributed by atoms with van der Waals surface area (Å²) >= 11 is 0. The third-order valence-corrected chi connectivity index (χ3v) is 3.60. The standard InChI is InChI=1S/C13H26N2O3.ClH/c1-9(2)11(17-3)8-15-13(16)12(14)10-4-6-18-7-5-10;/h9-12H,4-8,14H2,1-3H3,(H,15,16);1H. The van der Waals surface area contributed by atoms with E-state index in [1.807, 2.05) is 0 Å². The predicted molar refractivity (Wildman–Crippen MR) is 77.4 cm³/mol. The van der Waals surface area contributed by atoms with Crippen LogP contribution < -0.4 is 11.1 Å². The first-order valence-corrected chi connectivity index (χ1v) is 6.70. The topological polar surface area (TPSA) is 73.6 Å². The van der Waals surface area contributed by atoms with Crippen molar-refractivity contribution in [3.8, 4) is 0 Å². The predicted octanol–water partition coefficient (Wildman–Crippen LogP) is 0.949. The van der Waals surface area contributed by atoms with Crippen LogP contribution in [0.3, 0.4) is 0 Å². The van der Waals surface area contributed by atoms with E-state index in [2.05, 4.69) is 19.2 Å². The van der Waals surface area contributed by atoms with Crippen LogP contribution >= 0.6 is 12.4 Å². The molecule has 2 atom stereocenters. The van der Waals surface area contributed by atoms with Gasteiger partial charge in [-0.1, -0.05) is 13.8 Å². The number of hydrogen-bond acceptors (Lipinski definition) is 4. The van der Waals surface area contributed by atoms with E-state index in [-0.39, 0.29) is 30.3 Å². The molecule has 19 heavy (non-hydrogen) atoms. The number of amides is 1. The van der Waals surface area contributed by atoms with E-state index in [0.717, 1.165) is 12.8 Å². The van der Waals surface area contributed by atoms with Crippen LogP contribution in [0.2, 0.25) is 0 Å². The molecule has 1 saturated heterocycles. The summed E-state index contributed by atoms with van der Waals surface area (Å²) in [6, 6.07) is -0.432. The number of halogens is 1. The first kappa shape index (κ1) is 18.6. The summed E-state index contributed by atoms with van der Waals surface area (Å²) in [5.41, 5.74) is 5.99. The highest BCUT2D eigenvalue weighted by atomic mass is 35.5. The van der Waals surface area contributed by atoms with Crippen LogP contribution in [0.25, 0.3) is 0 Å². The molecule has 0 radical (unpaired) electrons. The van der Waals surface area contributed by atoms with Crippen LogP contribution in [0.15, 0.2) is 0 Å². The number of nitrogens with two attached hydrogens (primary N) is 1. The molecule has 1 aliphatic heterocycles. The van der Waals surface area contributed by atoms with Crippen LogP contribution in [0, 0.1) is 11.8 Å². The average molecular weight is 295 g/mol. The van der Waals surface area contributed by atoms with Gasteiger partial charge < -0.3 is 20.5 Å². The van der Waals surface area contributed by atoms with Gasteiger partial charge in [-0.3, -0.25) is 4.79 Å². The molecule has 0 saturated carbocycles. The molecule has 1 rings (SSSR count). The summed E-state index contributed by atoms with van der Waals surface area (Å²) in [5.74, 6) is 0.526. The summed E-state index contributed by atoms with van der Waals surface area (Å²) in [6.07, 6.45) is 1.77. The summed E-state index contributed by atoms with van der Waals surface area (Å²) in [6.45, 7) is 6.07. The summed E-state index contributed by atoms with van der Waals surface area (Å²) < 4.78 is 10.6. The molecule has 1 amide bonds. The van der Waals surface area contributed by atoms with Gasteiger partial charge in [-0.05, 0) is 24.7 Å². The number of carbonyl (C=O) groups excluding carboxylic acids is 1. The van der Waals surface area contributed by atoms with Gasteiger partial charge in [0.25, 0.3) is 0 Å². The molecule has 0 aliphatic carbocycles. The Bertz CT molecular complexity index is 258. The van der Waals surface area contributed by atoms with Gasteiger partial charge in [-0.15, -0.1) is 12.4 Å². The van der Waals surface area contributed by atoms with Gasteiger partial charge in [-0.2, -0.15) is 0 Å². The zero-order chi connectivity index (χ0) is 13.5. The van der Waals surface area contributed by atoms with E-state index in [4.69, 9.17) is 15.2 Å². The molecular weight excluding hydrogens is 268 g/mol. The Morgan fingerprint density at radius 2 is 2.00 bits per heavy atom. The van der Waals surface area contributed by atoms with Gasteiger partial charge >= 0.3 is 0 Å². The summed E-state index contributed by atoms with van der Waals surface area (Å²) in [4.78, 5) is 12.0. The molecule has 0 aromatic carbocycles. The SMILES string of the molecule is COC(CNC(=O)C(N)C1CCOCC1)C(C)C.Cl. The van der Waals surface area contributed by atoms with Crippen molar-refractivity contribution in [3.63, 3.8) is 0 Å². The lowest BCUT2D eigenvalue weighted by atomic mass is 9.92. The average Bonchev–Trinajstić information content (AvgIpc) is 2.39. The molecule has 1 fully saturated rings. The van der Waals surface area contributed by atoms with Gasteiger partial charge in [0, 0.05) is 26.9 Å². The molecule has 114 valence electrons. The minimum atomic E-state index is -0.432. The van der Waals surface area contributed by atoms with E-state index in [1.165, 1.54) is 0 Å². The third-order valence-electron chi connectivity index (χ3n) is 3.60. The van der Waals surface area contributed by atoms with Crippen LogP contribution in [0.5, 0.6) is 0 Å². The van der Waals surface area contributed by atoms with Crippen molar-refractivity contribution in [2.75, 3.05) is 26.9 Å². The zero-order valence-corrected chi connectivity index (χ0v) is 12.9. The Hall–Kier alpha value is -0.360. The van der Waals surface area contributed by atoms with Crippen LogP contribution in [0.4, 0.5) is 0 Å². The lowest BCUT2D eigenvalue weighted by Crippen LogP contribution is -2.49. The Morgan fingerprint density at radius 3 is 2.47 bits per heavy atom. The van der Waals surface area contributed by atoms with E-state index < -0.39 is 6.04 Å². The number of hydrogen-bond donors (Lipinski definition) is 2. The Labute approximate surface area is 122 Å². The molecule has 0 aromatic heterocycles. The number of ether oxygens (including phenoxy) is 2. The molecule has 2 unspecified atom stereocenters. The molecule has 6 heteroatoms. The lowest BCUT2D eigenvalue weighted by Gasteiger charge is -2.27. The number of methoxy groups -OCH3 is 1. The van der Waals surface area contributed by atoms with E-state index in [9.17, 15) is 4.79 Å². The molecular formula is C13H27ClN2O3. The Balaban J connectivity index is 0.00000324. The second-order valence-electron chi connectivity index (χ2n) is 5.24. The second kappa shape index (κ2) is 9.53. The third kappa shape index (κ3) is 6.08. The van der Waals surface area contributed by atoms with E-state index in [1.54, 1.807) is 7.11 Å². The molecule has 0 bridgehead atoms. The van der Waals surface area contributed by atoms with Crippen molar-refractivity contribution >= 4 is 18.3 Å². The normalized spacial score (nSPS) is 19.6. The molecule has 5 nitrogen and oxygen atoms in total. The molecule has 1 heterocycles. The number of nitrogens with one attached hydrogen (secondary N) is 1. The largest absolute Gasteiger partial charge is 0.381 e. The highest BCUT2D eigenvalue weighted by molar-refractivity contribution is 5.85. The minimum absolute atomic E-state index is 0. The maximum absolute atomic E-state index is 12.0. The van der Waals surface area contributed by atoms with Gasteiger partial charge in [-0.25, -0.2) is 0 Å². The highest BCUT2D eigenvalue weighted by Gasteiger charge is 2.27. The molecule has 0 aromatic rings. The minimum Gasteiger partial charge on any atom is -0.381 e. The van der Waals surface area contributed by atoms with Crippen molar-refractivity contribution in [1.82, 2.24) is 5.32 Å². The fourth-order valence-electron chi connectivity index (χ4n) is 2.20. The maximum atomic E-state index is 12.0. The summed E-state index contributed by atoms with van der Waals surface area (Å²) in [5, 5.41) is 2.88. The van der Waals surface area contributed by atoms with Crippen molar-refractivity contribution < 1.29 is 14.3 Å². The zero-order valence-electron chi connectivity index (χ0n) is 12.1. The van der Waals surface area contributed by atoms with Gasteiger partial charge in [0.1, 0.15) is 0 Å². The van der Waals surface area contributed by atoms with Crippen molar-refractivity contribution in [1.29, 1.82) is 0 Å². The van der Waals surface area contributed by atoms with Crippen molar-refractivity contribution in [2.45, 2.75) is 38.8 Å². The van der Waals surface area contributed by atoms with E-state index in [0.29, 0.717) is 25.7 Å². The lowest BCUT2D eigenvalue weighted by molar-refractivity contribution is -0.125. The first-order valence-electron chi connectivity index (χ1n) is 6.70. The highest BCUT2D eigenvalue weighted by Crippen LogP contribution is 2.17. The van der Waals surface area contributed by atoms with Crippen molar-refractivity contribution in [2.24, 2.45) is 17.6 Å². The second-order valence-corrected chi connectivity index (χ2v) is 5.24. The monoisotopic (exact) mass is 294 g/mol. The molecule has 0 spiro atoms. The Kier molecular flexibility index (Phi) is 9.35. The maximum Gasteiger partial charge on any atom is 0.237 e. The van der Waals surface area contributed by atoms with Gasteiger partial charge in [0.2, 0.25) is 5.91 Å². The molecule has 3 N–H and O–H groups in total. The van der Waals surface area contributed by atoms with Gasteiger partial charge in [0.15, 0.2) is 0 Å². The Morgan fingerprint density at radius 1 is 1.42 bits per heavy atom.